The minimum atomic E-state index is -0.364. The Hall–Kier alpha value is -2.69. The highest BCUT2D eigenvalue weighted by Gasteiger charge is 2.54. The van der Waals surface area contributed by atoms with Crippen LogP contribution in [-0.4, -0.2) is 17.4 Å². The number of fused-ring (bicyclic) bond motifs is 6. The second kappa shape index (κ2) is 4.66. The maximum Gasteiger partial charge on any atom is 0.277 e. The van der Waals surface area contributed by atoms with Gasteiger partial charge in [-0.05, 0) is 36.3 Å². The molecule has 2 aliphatic carbocycles. The van der Waals surface area contributed by atoms with Gasteiger partial charge in [-0.1, -0.05) is 30.4 Å². The molecule has 0 N–H and O–H groups in total. The van der Waals surface area contributed by atoms with Crippen LogP contribution in [0.4, 0.5) is 11.4 Å². The quantitative estimate of drug-likeness (QED) is 0.483. The van der Waals surface area contributed by atoms with Crippen molar-refractivity contribution in [1.29, 1.82) is 0 Å². The highest BCUT2D eigenvalue weighted by molar-refractivity contribution is 6.08. The van der Waals surface area contributed by atoms with Gasteiger partial charge in [0.25, 0.3) is 5.69 Å². The number of nitro groups is 1. The normalized spacial score (nSPS) is 30.3. The van der Waals surface area contributed by atoms with Crippen molar-refractivity contribution in [3.8, 4) is 0 Å². The standard InChI is InChI=1S/C19H16N2O3/c22-19-18-12-6-5-11(9-12)15(18)10-20(19)16-7-8-17(21(23)24)14-4-2-1-3-13(14)16/h1-8,11-12,15,18H,9-10H2. The molecule has 2 aromatic carbocycles. The Balaban J connectivity index is 1.63. The van der Waals surface area contributed by atoms with Gasteiger partial charge in [-0.15, -0.1) is 0 Å². The zero-order valence-corrected chi connectivity index (χ0v) is 13.0. The molecule has 4 unspecified atom stereocenters. The summed E-state index contributed by atoms with van der Waals surface area (Å²) in [5.41, 5.74) is 0.887. The van der Waals surface area contributed by atoms with E-state index in [1.807, 2.05) is 17.0 Å². The minimum absolute atomic E-state index is 0.0860. The molecule has 2 fully saturated rings. The number of benzene rings is 2. The lowest BCUT2D eigenvalue weighted by molar-refractivity contribution is -0.383. The van der Waals surface area contributed by atoms with Gasteiger partial charge in [0.1, 0.15) is 0 Å². The van der Waals surface area contributed by atoms with E-state index in [0.29, 0.717) is 23.1 Å². The smallest absolute Gasteiger partial charge is 0.277 e. The molecule has 1 saturated carbocycles. The molecule has 1 aliphatic heterocycles. The third-order valence-corrected chi connectivity index (χ3v) is 5.93. The first-order valence-electron chi connectivity index (χ1n) is 8.31. The third kappa shape index (κ3) is 1.67. The first kappa shape index (κ1) is 13.7. The Bertz CT molecular complexity index is 920. The minimum Gasteiger partial charge on any atom is -0.311 e. The van der Waals surface area contributed by atoms with Crippen LogP contribution < -0.4 is 4.90 Å². The van der Waals surface area contributed by atoms with Gasteiger partial charge >= 0.3 is 0 Å². The molecule has 0 spiro atoms. The first-order chi connectivity index (χ1) is 11.6. The van der Waals surface area contributed by atoms with Gasteiger partial charge in [-0.2, -0.15) is 0 Å². The summed E-state index contributed by atoms with van der Waals surface area (Å²) in [6.07, 6.45) is 5.56. The van der Waals surface area contributed by atoms with Crippen molar-refractivity contribution in [2.45, 2.75) is 6.42 Å². The Labute approximate surface area is 138 Å². The highest BCUT2D eigenvalue weighted by Crippen LogP contribution is 2.53. The molecule has 5 nitrogen and oxygen atoms in total. The van der Waals surface area contributed by atoms with Crippen LogP contribution in [-0.2, 0) is 4.79 Å². The Morgan fingerprint density at radius 1 is 1.04 bits per heavy atom. The molecule has 3 aliphatic rings. The summed E-state index contributed by atoms with van der Waals surface area (Å²) < 4.78 is 0. The van der Waals surface area contributed by atoms with Gasteiger partial charge in [-0.3, -0.25) is 14.9 Å². The maximum absolute atomic E-state index is 13.0. The summed E-state index contributed by atoms with van der Waals surface area (Å²) in [7, 11) is 0. The van der Waals surface area contributed by atoms with Crippen LogP contribution in [0.3, 0.4) is 0 Å². The lowest BCUT2D eigenvalue weighted by atomic mass is 9.86. The van der Waals surface area contributed by atoms with Crippen LogP contribution in [0.2, 0.25) is 0 Å². The molecule has 4 atom stereocenters. The molecular weight excluding hydrogens is 304 g/mol. The van der Waals surface area contributed by atoms with E-state index >= 15 is 0 Å². The fraction of sp³-hybridized carbons (Fsp3) is 0.316. The zero-order chi connectivity index (χ0) is 16.4. The lowest BCUT2D eigenvalue weighted by Crippen LogP contribution is -2.29. The first-order valence-corrected chi connectivity index (χ1v) is 8.31. The lowest BCUT2D eigenvalue weighted by Gasteiger charge is -2.21. The summed E-state index contributed by atoms with van der Waals surface area (Å²) in [6.45, 7) is 0.719. The van der Waals surface area contributed by atoms with E-state index in [4.69, 9.17) is 0 Å². The topological polar surface area (TPSA) is 63.5 Å². The van der Waals surface area contributed by atoms with Gasteiger partial charge in [0.2, 0.25) is 5.91 Å². The van der Waals surface area contributed by atoms with Gasteiger partial charge in [0.15, 0.2) is 0 Å². The third-order valence-electron chi connectivity index (χ3n) is 5.93. The second-order valence-corrected chi connectivity index (χ2v) is 6.99. The van der Waals surface area contributed by atoms with Crippen molar-refractivity contribution in [1.82, 2.24) is 0 Å². The number of nitrogens with zero attached hydrogens (tertiary/aromatic N) is 2. The zero-order valence-electron chi connectivity index (χ0n) is 13.0. The molecule has 0 radical (unpaired) electrons. The summed E-state index contributed by atoms with van der Waals surface area (Å²) in [5.74, 6) is 1.55. The molecule has 5 heteroatoms. The van der Waals surface area contributed by atoms with Crippen molar-refractivity contribution in [3.05, 3.63) is 58.7 Å². The Morgan fingerprint density at radius 2 is 1.79 bits per heavy atom. The van der Waals surface area contributed by atoms with E-state index in [1.54, 1.807) is 18.2 Å². The van der Waals surface area contributed by atoms with E-state index in [-0.39, 0.29) is 22.4 Å². The van der Waals surface area contributed by atoms with E-state index in [1.165, 1.54) is 6.07 Å². The Kier molecular flexibility index (Phi) is 2.66. The van der Waals surface area contributed by atoms with E-state index in [0.717, 1.165) is 24.0 Å². The van der Waals surface area contributed by atoms with E-state index < -0.39 is 0 Å². The van der Waals surface area contributed by atoms with Crippen molar-refractivity contribution in [3.63, 3.8) is 0 Å². The van der Waals surface area contributed by atoms with Crippen LogP contribution >= 0.6 is 0 Å². The van der Waals surface area contributed by atoms with E-state index in [2.05, 4.69) is 12.2 Å². The van der Waals surface area contributed by atoms with Gasteiger partial charge in [-0.25, -0.2) is 0 Å². The summed E-state index contributed by atoms with van der Waals surface area (Å²) in [5, 5.41) is 12.6. The average molecular weight is 320 g/mol. The molecule has 24 heavy (non-hydrogen) atoms. The van der Waals surface area contributed by atoms with Gasteiger partial charge < -0.3 is 4.90 Å². The van der Waals surface area contributed by atoms with Crippen LogP contribution in [0.25, 0.3) is 10.8 Å². The van der Waals surface area contributed by atoms with Crippen molar-refractivity contribution in [2.75, 3.05) is 11.4 Å². The van der Waals surface area contributed by atoms with Crippen molar-refractivity contribution in [2.24, 2.45) is 23.7 Å². The molecule has 2 bridgehead atoms. The number of rotatable bonds is 2. The summed E-state index contributed by atoms with van der Waals surface area (Å²) in [6, 6.07) is 10.5. The average Bonchev–Trinajstić information content (AvgIpc) is 3.27. The predicted octanol–water partition coefficient (Wildman–Crippen LogP) is 3.53. The number of carbonyl (C=O) groups excluding carboxylic acids is 1. The van der Waals surface area contributed by atoms with Crippen LogP contribution in [0, 0.1) is 33.8 Å². The van der Waals surface area contributed by atoms with Gasteiger partial charge in [0.05, 0.1) is 16.0 Å². The number of anilines is 1. The molecule has 5 rings (SSSR count). The van der Waals surface area contributed by atoms with Crippen LogP contribution in [0.15, 0.2) is 48.6 Å². The number of nitro benzene ring substituents is 1. The molecule has 1 heterocycles. The fourth-order valence-corrected chi connectivity index (χ4v) is 4.90. The molecule has 2 aromatic rings. The molecular formula is C19H16N2O3. The monoisotopic (exact) mass is 320 g/mol. The maximum atomic E-state index is 13.0. The predicted molar refractivity (Wildman–Crippen MR) is 90.7 cm³/mol. The number of non-ortho nitro benzene ring substituents is 1. The molecule has 120 valence electrons. The van der Waals surface area contributed by atoms with Crippen molar-refractivity contribution >= 4 is 28.1 Å². The molecule has 0 aromatic heterocycles. The van der Waals surface area contributed by atoms with Crippen LogP contribution in [0.1, 0.15) is 6.42 Å². The summed E-state index contributed by atoms with van der Waals surface area (Å²) in [4.78, 5) is 25.8. The van der Waals surface area contributed by atoms with Crippen molar-refractivity contribution < 1.29 is 9.72 Å². The fourth-order valence-electron chi connectivity index (χ4n) is 4.90. The number of hydrogen-bond acceptors (Lipinski definition) is 3. The largest absolute Gasteiger partial charge is 0.311 e. The molecule has 1 saturated heterocycles. The number of allylic oxidation sites excluding steroid dienone is 2. The summed E-state index contributed by atoms with van der Waals surface area (Å²) >= 11 is 0. The molecule has 1 amide bonds. The number of hydrogen-bond donors (Lipinski definition) is 0. The number of carbonyl (C=O) groups is 1. The highest BCUT2D eigenvalue weighted by atomic mass is 16.6. The Morgan fingerprint density at radius 3 is 2.54 bits per heavy atom. The second-order valence-electron chi connectivity index (χ2n) is 6.99. The number of amides is 1. The van der Waals surface area contributed by atoms with E-state index in [9.17, 15) is 14.9 Å². The van der Waals surface area contributed by atoms with Crippen LogP contribution in [0.5, 0.6) is 0 Å². The van der Waals surface area contributed by atoms with Gasteiger partial charge in [0, 0.05) is 23.9 Å². The SMILES string of the molecule is O=C1C2C3C=CC(C3)C2CN1c1ccc([N+](=O)[O-])c2ccccc12.